The normalized spacial score (nSPS) is 22.0. The third-order valence-corrected chi connectivity index (χ3v) is 3.38. The van der Waals surface area contributed by atoms with Crippen LogP contribution in [0.1, 0.15) is 18.0 Å². The smallest absolute Gasteiger partial charge is 0.0548 e. The second-order valence-electron chi connectivity index (χ2n) is 2.97. The van der Waals surface area contributed by atoms with Crippen molar-refractivity contribution in [3.8, 4) is 0 Å². The summed E-state index contributed by atoms with van der Waals surface area (Å²) in [6, 6.07) is 6.63. The Balaban J connectivity index is 2.27. The molecule has 1 aromatic carbocycles. The maximum Gasteiger partial charge on any atom is 0.0548 e. The minimum Gasteiger partial charge on any atom is -0.310 e. The molecule has 0 amide bonds. The van der Waals surface area contributed by atoms with Gasteiger partial charge in [0.1, 0.15) is 0 Å². The van der Waals surface area contributed by atoms with Gasteiger partial charge >= 0.3 is 0 Å². The molecule has 1 aromatic rings. The Hall–Kier alpha value is -0.0500. The van der Waals surface area contributed by atoms with Crippen LogP contribution in [0.4, 0.5) is 0 Å². The summed E-state index contributed by atoms with van der Waals surface area (Å²) in [5.74, 6) is 0. The predicted molar refractivity (Wildman–Crippen MR) is 54.5 cm³/mol. The van der Waals surface area contributed by atoms with Crippen LogP contribution in [-0.4, -0.2) is 6.54 Å². The highest BCUT2D eigenvalue weighted by molar-refractivity contribution is 9.10. The van der Waals surface area contributed by atoms with Crippen molar-refractivity contribution in [1.82, 2.24) is 5.32 Å². The van der Waals surface area contributed by atoms with Crippen LogP contribution in [0.25, 0.3) is 0 Å². The molecule has 1 nitrogen and oxygen atoms in total. The first-order valence-corrected chi connectivity index (χ1v) is 5.13. The van der Waals surface area contributed by atoms with Crippen LogP contribution in [0.3, 0.4) is 0 Å². The predicted octanol–water partition coefficient (Wildman–Crippen LogP) is 3.14. The quantitative estimate of drug-likeness (QED) is 0.803. The molecule has 0 aromatic heterocycles. The van der Waals surface area contributed by atoms with Crippen LogP contribution < -0.4 is 5.32 Å². The lowest BCUT2D eigenvalue weighted by Crippen LogP contribution is -2.34. The molecule has 12 heavy (non-hydrogen) atoms. The molecule has 1 heterocycles. The van der Waals surface area contributed by atoms with Crippen LogP contribution in [0, 0.1) is 0 Å². The van der Waals surface area contributed by atoms with Crippen molar-refractivity contribution in [2.45, 2.75) is 12.5 Å². The number of hydrogen-bond donors (Lipinski definition) is 1. The Morgan fingerprint density at radius 3 is 2.75 bits per heavy atom. The van der Waals surface area contributed by atoms with E-state index in [1.54, 1.807) is 0 Å². The molecule has 3 heteroatoms. The second kappa shape index (κ2) is 3.36. The van der Waals surface area contributed by atoms with Crippen LogP contribution >= 0.6 is 27.5 Å². The summed E-state index contributed by atoms with van der Waals surface area (Å²) in [5, 5.41) is 4.12. The van der Waals surface area contributed by atoms with Gasteiger partial charge in [0.25, 0.3) is 0 Å². The summed E-state index contributed by atoms with van der Waals surface area (Å²) < 4.78 is 0.982. The zero-order valence-corrected chi connectivity index (χ0v) is 8.82. The van der Waals surface area contributed by atoms with Crippen LogP contribution in [0.15, 0.2) is 22.7 Å². The number of halogens is 2. The highest BCUT2D eigenvalue weighted by Gasteiger charge is 2.18. The van der Waals surface area contributed by atoms with Gasteiger partial charge in [-0.3, -0.25) is 0 Å². The maximum atomic E-state index is 5.88. The van der Waals surface area contributed by atoms with Gasteiger partial charge in [0, 0.05) is 10.5 Å². The molecule has 1 aliphatic rings. The lowest BCUT2D eigenvalue weighted by Gasteiger charge is -2.28. The fraction of sp³-hybridized carbons (Fsp3) is 0.333. The van der Waals surface area contributed by atoms with E-state index in [9.17, 15) is 0 Å². The number of benzene rings is 1. The van der Waals surface area contributed by atoms with E-state index in [0.717, 1.165) is 16.0 Å². The van der Waals surface area contributed by atoms with Crippen molar-refractivity contribution >= 4 is 27.5 Å². The highest BCUT2D eigenvalue weighted by atomic mass is 79.9. The fourth-order valence-corrected chi connectivity index (χ4v) is 1.82. The van der Waals surface area contributed by atoms with E-state index in [1.165, 1.54) is 12.0 Å². The zero-order valence-electron chi connectivity index (χ0n) is 6.48. The Morgan fingerprint density at radius 1 is 1.50 bits per heavy atom. The first-order chi connectivity index (χ1) is 5.77. The highest BCUT2D eigenvalue weighted by Crippen LogP contribution is 2.29. The van der Waals surface area contributed by atoms with Gasteiger partial charge in [-0.15, -0.1) is 0 Å². The average molecular weight is 247 g/mol. The molecule has 0 bridgehead atoms. The van der Waals surface area contributed by atoms with Gasteiger partial charge in [0.15, 0.2) is 0 Å². The largest absolute Gasteiger partial charge is 0.310 e. The Labute approximate surface area is 85.2 Å². The third kappa shape index (κ3) is 1.51. The van der Waals surface area contributed by atoms with Gasteiger partial charge in [0.05, 0.1) is 5.02 Å². The van der Waals surface area contributed by atoms with Crippen LogP contribution in [-0.2, 0) is 0 Å². The summed E-state index contributed by atoms with van der Waals surface area (Å²) in [4.78, 5) is 0. The molecule has 0 radical (unpaired) electrons. The van der Waals surface area contributed by atoms with E-state index in [-0.39, 0.29) is 0 Å². The first kappa shape index (κ1) is 8.54. The number of hydrogen-bond acceptors (Lipinski definition) is 1. The molecular weight excluding hydrogens is 237 g/mol. The minimum atomic E-state index is 0.540. The standard InChI is InChI=1S/C9H9BrClN/c10-7-5-6(1-2-8(7)11)9-3-4-12-9/h1-2,5,9,12H,3-4H2/t9-/m0/s1. The second-order valence-corrected chi connectivity index (χ2v) is 4.23. The van der Waals surface area contributed by atoms with Gasteiger partial charge < -0.3 is 5.32 Å². The Morgan fingerprint density at radius 2 is 2.25 bits per heavy atom. The summed E-state index contributed by atoms with van der Waals surface area (Å²) in [7, 11) is 0. The van der Waals surface area contributed by atoms with E-state index >= 15 is 0 Å². The number of nitrogens with one attached hydrogen (secondary N) is 1. The van der Waals surface area contributed by atoms with Crippen LogP contribution in [0.2, 0.25) is 5.02 Å². The topological polar surface area (TPSA) is 12.0 Å². The van der Waals surface area contributed by atoms with E-state index in [2.05, 4.69) is 33.4 Å². The monoisotopic (exact) mass is 245 g/mol. The summed E-state index contributed by atoms with van der Waals surface area (Å²) in [5.41, 5.74) is 1.32. The average Bonchev–Trinajstić information content (AvgIpc) is 1.93. The third-order valence-electron chi connectivity index (χ3n) is 2.17. The molecule has 0 spiro atoms. The van der Waals surface area contributed by atoms with Crippen molar-refractivity contribution in [3.05, 3.63) is 33.3 Å². The lowest BCUT2D eigenvalue weighted by molar-refractivity contribution is 0.383. The van der Waals surface area contributed by atoms with E-state index in [4.69, 9.17) is 11.6 Å². The van der Waals surface area contributed by atoms with Gasteiger partial charge in [0.2, 0.25) is 0 Å². The van der Waals surface area contributed by atoms with Gasteiger partial charge in [-0.25, -0.2) is 0 Å². The molecule has 0 saturated carbocycles. The Bertz CT molecular complexity index is 297. The molecule has 0 aliphatic carbocycles. The minimum absolute atomic E-state index is 0.540. The SMILES string of the molecule is Clc1ccc([C@@H]2CCN2)cc1Br. The molecule has 1 atom stereocenters. The fourth-order valence-electron chi connectivity index (χ4n) is 1.30. The van der Waals surface area contributed by atoms with Crippen LogP contribution in [0.5, 0.6) is 0 Å². The molecule has 1 aliphatic heterocycles. The van der Waals surface area contributed by atoms with Crippen molar-refractivity contribution in [1.29, 1.82) is 0 Å². The molecule has 2 rings (SSSR count). The lowest BCUT2D eigenvalue weighted by atomic mass is 9.98. The van der Waals surface area contributed by atoms with Gasteiger partial charge in [-0.05, 0) is 46.6 Å². The van der Waals surface area contributed by atoms with Crippen molar-refractivity contribution in [3.63, 3.8) is 0 Å². The molecule has 1 fully saturated rings. The molecular formula is C9H9BrClN. The van der Waals surface area contributed by atoms with E-state index < -0.39 is 0 Å². The van der Waals surface area contributed by atoms with Crippen molar-refractivity contribution < 1.29 is 0 Å². The van der Waals surface area contributed by atoms with E-state index in [0.29, 0.717) is 6.04 Å². The first-order valence-electron chi connectivity index (χ1n) is 3.96. The van der Waals surface area contributed by atoms with E-state index in [1.807, 2.05) is 6.07 Å². The van der Waals surface area contributed by atoms with Crippen molar-refractivity contribution in [2.24, 2.45) is 0 Å². The summed E-state index contributed by atoms with van der Waals surface area (Å²) >= 11 is 9.29. The Kier molecular flexibility index (Phi) is 2.40. The van der Waals surface area contributed by atoms with Gasteiger partial charge in [-0.2, -0.15) is 0 Å². The molecule has 1 saturated heterocycles. The van der Waals surface area contributed by atoms with Gasteiger partial charge in [-0.1, -0.05) is 17.7 Å². The summed E-state index contributed by atoms with van der Waals surface area (Å²) in [6.45, 7) is 1.13. The van der Waals surface area contributed by atoms with Crippen molar-refractivity contribution in [2.75, 3.05) is 6.54 Å². The molecule has 64 valence electrons. The zero-order chi connectivity index (χ0) is 8.55. The maximum absolute atomic E-state index is 5.88. The number of rotatable bonds is 1. The molecule has 0 unspecified atom stereocenters. The summed E-state index contributed by atoms with van der Waals surface area (Å²) in [6.07, 6.45) is 1.23. The molecule has 1 N–H and O–H groups in total.